The number of hydrogen-bond donors (Lipinski definition) is 3. The second-order valence-corrected chi connectivity index (χ2v) is 8.75. The number of anilines is 4. The summed E-state index contributed by atoms with van der Waals surface area (Å²) < 4.78 is 1.83. The van der Waals surface area contributed by atoms with E-state index in [0.29, 0.717) is 0 Å². The van der Waals surface area contributed by atoms with Gasteiger partial charge in [-0.15, -0.1) is 0 Å². The zero-order valence-corrected chi connectivity index (χ0v) is 19.6. The molecule has 1 aliphatic heterocycles. The molecule has 0 spiro atoms. The number of aromatic nitrogens is 2. The monoisotopic (exact) mass is 454 g/mol. The minimum atomic E-state index is 0.0888. The number of aryl methyl sites for hydroxylation is 2. The van der Waals surface area contributed by atoms with Crippen molar-refractivity contribution in [3.05, 3.63) is 77.9 Å². The van der Waals surface area contributed by atoms with E-state index >= 15 is 0 Å². The van der Waals surface area contributed by atoms with Crippen molar-refractivity contribution in [2.75, 3.05) is 36.8 Å². The second kappa shape index (κ2) is 9.57. The Labute approximate surface area is 199 Å². The molecule has 1 amide bonds. The van der Waals surface area contributed by atoms with Gasteiger partial charge in [0.25, 0.3) is 0 Å². The number of benzene rings is 3. The molecular weight excluding hydrogens is 424 g/mol. The molecule has 174 valence electrons. The Bertz CT molecular complexity index is 1290. The number of hydrogen-bond acceptors (Lipinski definition) is 5. The maximum absolute atomic E-state index is 13.1. The summed E-state index contributed by atoms with van der Waals surface area (Å²) in [6.07, 6.45) is 0. The number of nitrogens with one attached hydrogen (secondary N) is 3. The van der Waals surface area contributed by atoms with Crippen LogP contribution in [0.25, 0.3) is 10.9 Å². The van der Waals surface area contributed by atoms with Crippen LogP contribution in [0.3, 0.4) is 0 Å². The largest absolute Gasteiger partial charge is 0.355 e. The van der Waals surface area contributed by atoms with Crippen LogP contribution >= 0.6 is 0 Å². The Hall–Kier alpha value is -3.84. The Morgan fingerprint density at radius 2 is 1.65 bits per heavy atom. The molecule has 0 aliphatic carbocycles. The Morgan fingerprint density at radius 3 is 2.38 bits per heavy atom. The molecule has 7 nitrogen and oxygen atoms in total. The summed E-state index contributed by atoms with van der Waals surface area (Å²) in [4.78, 5) is 15.0. The fraction of sp³-hybridized carbons (Fsp3) is 0.259. The molecule has 3 aromatic carbocycles. The van der Waals surface area contributed by atoms with Gasteiger partial charge in [-0.05, 0) is 55.3 Å². The van der Waals surface area contributed by atoms with E-state index in [1.165, 1.54) is 0 Å². The third-order valence-electron chi connectivity index (χ3n) is 6.29. The lowest BCUT2D eigenvalue weighted by atomic mass is 10.1. The molecule has 34 heavy (non-hydrogen) atoms. The lowest BCUT2D eigenvalue weighted by molar-refractivity contribution is -0.132. The van der Waals surface area contributed by atoms with Crippen LogP contribution in [-0.4, -0.2) is 46.8 Å². The number of nitrogens with zero attached hydrogens (tertiary/aromatic N) is 3. The van der Waals surface area contributed by atoms with Crippen molar-refractivity contribution in [1.29, 1.82) is 0 Å². The molecule has 0 bridgehead atoms. The first-order chi connectivity index (χ1) is 16.6. The van der Waals surface area contributed by atoms with Crippen LogP contribution in [0.1, 0.15) is 11.1 Å². The normalized spacial score (nSPS) is 13.8. The van der Waals surface area contributed by atoms with Gasteiger partial charge in [-0.3, -0.25) is 9.48 Å². The van der Waals surface area contributed by atoms with E-state index in [1.54, 1.807) is 0 Å². The summed E-state index contributed by atoms with van der Waals surface area (Å²) in [6.45, 7) is 7.50. The van der Waals surface area contributed by atoms with Crippen molar-refractivity contribution in [3.8, 4) is 0 Å². The van der Waals surface area contributed by atoms with Gasteiger partial charge in [0, 0.05) is 48.6 Å². The molecule has 7 heteroatoms. The molecule has 1 fully saturated rings. The minimum Gasteiger partial charge on any atom is -0.355 e. The predicted octanol–water partition coefficient (Wildman–Crippen LogP) is 4.57. The first-order valence-corrected chi connectivity index (χ1v) is 11.7. The van der Waals surface area contributed by atoms with Gasteiger partial charge >= 0.3 is 0 Å². The Balaban J connectivity index is 1.52. The maximum atomic E-state index is 13.1. The highest BCUT2D eigenvalue weighted by atomic mass is 16.2. The molecule has 0 radical (unpaired) electrons. The van der Waals surface area contributed by atoms with Gasteiger partial charge < -0.3 is 20.9 Å². The van der Waals surface area contributed by atoms with Crippen molar-refractivity contribution < 1.29 is 4.79 Å². The molecule has 5 rings (SSSR count). The van der Waals surface area contributed by atoms with Gasteiger partial charge in [0.2, 0.25) is 5.91 Å². The molecule has 1 aliphatic rings. The van der Waals surface area contributed by atoms with Crippen LogP contribution < -0.4 is 16.0 Å². The second-order valence-electron chi connectivity index (χ2n) is 8.75. The van der Waals surface area contributed by atoms with E-state index in [9.17, 15) is 4.79 Å². The molecule has 2 heterocycles. The summed E-state index contributed by atoms with van der Waals surface area (Å²) >= 11 is 0. The zero-order valence-electron chi connectivity index (χ0n) is 19.6. The quantitative estimate of drug-likeness (QED) is 0.398. The van der Waals surface area contributed by atoms with Gasteiger partial charge in [0.15, 0.2) is 5.82 Å². The van der Waals surface area contributed by atoms with Crippen molar-refractivity contribution >= 4 is 39.7 Å². The molecular formula is C27H30N6O. The Morgan fingerprint density at radius 1 is 0.912 bits per heavy atom. The lowest BCUT2D eigenvalue weighted by Gasteiger charge is -2.27. The highest BCUT2D eigenvalue weighted by Gasteiger charge is 2.20. The highest BCUT2D eigenvalue weighted by molar-refractivity contribution is 5.95. The summed E-state index contributed by atoms with van der Waals surface area (Å²) in [6, 6.07) is 22.5. The van der Waals surface area contributed by atoms with Gasteiger partial charge in [-0.1, -0.05) is 36.4 Å². The van der Waals surface area contributed by atoms with E-state index in [-0.39, 0.29) is 12.5 Å². The van der Waals surface area contributed by atoms with Crippen LogP contribution in [-0.2, 0) is 11.3 Å². The summed E-state index contributed by atoms with van der Waals surface area (Å²) in [5.74, 6) is 0.845. The first-order valence-electron chi connectivity index (χ1n) is 11.7. The topological polar surface area (TPSA) is 74.2 Å². The van der Waals surface area contributed by atoms with Gasteiger partial charge in [0.05, 0.1) is 5.52 Å². The fourth-order valence-electron chi connectivity index (χ4n) is 4.43. The number of rotatable bonds is 6. The van der Waals surface area contributed by atoms with E-state index in [1.807, 2.05) is 39.9 Å². The van der Waals surface area contributed by atoms with Crippen LogP contribution in [0.4, 0.5) is 22.9 Å². The van der Waals surface area contributed by atoms with Crippen molar-refractivity contribution in [2.24, 2.45) is 0 Å². The van der Waals surface area contributed by atoms with Gasteiger partial charge in [-0.25, -0.2) is 0 Å². The number of fused-ring (bicyclic) bond motifs is 1. The van der Waals surface area contributed by atoms with E-state index in [2.05, 4.69) is 66.2 Å². The van der Waals surface area contributed by atoms with E-state index < -0.39 is 0 Å². The SMILES string of the molecule is Cc1cccc(C)c1Nc1nn(CC(=O)N2CCNCC2)c2cc(Nc3ccccc3)ccc12. The maximum Gasteiger partial charge on any atom is 0.244 e. The summed E-state index contributed by atoms with van der Waals surface area (Å²) in [5.41, 5.74) is 6.24. The number of amides is 1. The van der Waals surface area contributed by atoms with Crippen LogP contribution in [0.2, 0.25) is 0 Å². The summed E-state index contributed by atoms with van der Waals surface area (Å²) in [5, 5.41) is 16.1. The van der Waals surface area contributed by atoms with Gasteiger partial charge in [0.1, 0.15) is 6.54 Å². The molecule has 0 unspecified atom stereocenters. The molecule has 4 aromatic rings. The van der Waals surface area contributed by atoms with E-state index in [4.69, 9.17) is 5.10 Å². The van der Waals surface area contributed by atoms with Crippen molar-refractivity contribution in [2.45, 2.75) is 20.4 Å². The molecule has 0 atom stereocenters. The highest BCUT2D eigenvalue weighted by Crippen LogP contribution is 2.31. The average molecular weight is 455 g/mol. The molecule has 1 aromatic heterocycles. The number of carbonyl (C=O) groups is 1. The number of para-hydroxylation sites is 2. The zero-order chi connectivity index (χ0) is 23.5. The van der Waals surface area contributed by atoms with Crippen molar-refractivity contribution in [3.63, 3.8) is 0 Å². The lowest BCUT2D eigenvalue weighted by Crippen LogP contribution is -2.47. The smallest absolute Gasteiger partial charge is 0.244 e. The predicted molar refractivity (Wildman–Crippen MR) is 138 cm³/mol. The minimum absolute atomic E-state index is 0.0888. The third-order valence-corrected chi connectivity index (χ3v) is 6.29. The molecule has 1 saturated heterocycles. The third kappa shape index (κ3) is 4.61. The van der Waals surface area contributed by atoms with Crippen molar-refractivity contribution in [1.82, 2.24) is 20.0 Å². The average Bonchev–Trinajstić information content (AvgIpc) is 3.19. The first kappa shape index (κ1) is 22.0. The fourth-order valence-corrected chi connectivity index (χ4v) is 4.43. The van der Waals surface area contributed by atoms with Crippen LogP contribution in [0.5, 0.6) is 0 Å². The molecule has 3 N–H and O–H groups in total. The molecule has 0 saturated carbocycles. The standard InChI is InChI=1S/C27H30N6O/c1-19-7-6-8-20(2)26(19)30-27-23-12-11-22(29-21-9-4-3-5-10-21)17-24(23)33(31-27)18-25(34)32-15-13-28-14-16-32/h3-12,17,28-29H,13-16,18H2,1-2H3,(H,30,31). The van der Waals surface area contributed by atoms with E-state index in [0.717, 1.165) is 71.1 Å². The number of carbonyl (C=O) groups excluding carboxylic acids is 1. The van der Waals surface area contributed by atoms with Crippen LogP contribution in [0, 0.1) is 13.8 Å². The van der Waals surface area contributed by atoms with Crippen LogP contribution in [0.15, 0.2) is 66.7 Å². The summed E-state index contributed by atoms with van der Waals surface area (Å²) in [7, 11) is 0. The Kier molecular flexibility index (Phi) is 6.18. The number of piperazine rings is 1. The van der Waals surface area contributed by atoms with Gasteiger partial charge in [-0.2, -0.15) is 5.10 Å².